The van der Waals surface area contributed by atoms with Crippen LogP contribution >= 0.6 is 0 Å². The van der Waals surface area contributed by atoms with Crippen molar-refractivity contribution < 1.29 is 18.9 Å². The molecule has 0 aliphatic heterocycles. The van der Waals surface area contributed by atoms with Crippen LogP contribution in [0.15, 0.2) is 46.9 Å². The number of carbonyl (C=O) groups excluding carboxylic acids is 1. The van der Waals surface area contributed by atoms with E-state index in [9.17, 15) is 14.9 Å². The van der Waals surface area contributed by atoms with Gasteiger partial charge in [0.1, 0.15) is 0 Å². The highest BCUT2D eigenvalue weighted by molar-refractivity contribution is 5.96. The number of non-ortho nitro benzene ring substituents is 1. The van der Waals surface area contributed by atoms with Crippen molar-refractivity contribution in [3.05, 3.63) is 69.6 Å². The minimum atomic E-state index is -0.830. The van der Waals surface area contributed by atoms with Crippen LogP contribution < -0.4 is 4.90 Å². The minimum Gasteiger partial charge on any atom is -0.449 e. The third-order valence-corrected chi connectivity index (χ3v) is 4.26. The maximum Gasteiger partial charge on any atom is 0.341 e. The maximum atomic E-state index is 12.7. The van der Waals surface area contributed by atoms with E-state index in [1.807, 2.05) is 31.2 Å². The summed E-state index contributed by atoms with van der Waals surface area (Å²) in [6.07, 6.45) is -0.830. The Kier molecular flexibility index (Phi) is 5.58. The largest absolute Gasteiger partial charge is 0.449 e. The molecule has 0 saturated heterocycles. The number of esters is 1. The molecule has 150 valence electrons. The normalized spacial score (nSPS) is 11.7. The summed E-state index contributed by atoms with van der Waals surface area (Å²) < 4.78 is 11.1. The molecule has 0 aliphatic rings. The Morgan fingerprint density at radius 1 is 1.17 bits per heavy atom. The lowest BCUT2D eigenvalue weighted by Crippen LogP contribution is -2.17. The van der Waals surface area contributed by atoms with Gasteiger partial charge in [-0.3, -0.25) is 10.1 Å². The molecular weight excluding hydrogens is 376 g/mol. The van der Waals surface area contributed by atoms with Crippen LogP contribution in [0.1, 0.15) is 34.8 Å². The van der Waals surface area contributed by atoms with Gasteiger partial charge in [0, 0.05) is 31.8 Å². The summed E-state index contributed by atoms with van der Waals surface area (Å²) in [6.45, 7) is 3.57. The van der Waals surface area contributed by atoms with Crippen molar-refractivity contribution in [1.82, 2.24) is 10.2 Å². The summed E-state index contributed by atoms with van der Waals surface area (Å²) in [4.78, 5) is 24.9. The molecule has 0 spiro atoms. The Morgan fingerprint density at radius 2 is 1.86 bits per heavy atom. The van der Waals surface area contributed by atoms with E-state index in [1.165, 1.54) is 18.2 Å². The average molecular weight is 396 g/mol. The van der Waals surface area contributed by atoms with Crippen LogP contribution in [0.3, 0.4) is 0 Å². The first kappa shape index (κ1) is 20.0. The predicted molar refractivity (Wildman–Crippen MR) is 106 cm³/mol. The second-order valence-corrected chi connectivity index (χ2v) is 6.71. The molecule has 0 fully saturated rings. The van der Waals surface area contributed by atoms with Gasteiger partial charge in [-0.2, -0.15) is 0 Å². The van der Waals surface area contributed by atoms with Gasteiger partial charge in [-0.15, -0.1) is 10.2 Å². The van der Waals surface area contributed by atoms with Crippen molar-refractivity contribution in [3.8, 4) is 11.5 Å². The summed E-state index contributed by atoms with van der Waals surface area (Å²) in [6, 6.07) is 11.6. The molecule has 1 aromatic heterocycles. The zero-order valence-electron chi connectivity index (χ0n) is 16.4. The third kappa shape index (κ3) is 4.40. The fraction of sp³-hybridized carbons (Fsp3) is 0.250. The molecule has 1 atom stereocenters. The number of nitro benzene ring substituents is 1. The standard InChI is InChI=1S/C20H20N4O5/c1-12-5-7-14(8-6-12)19-22-21-18(29-19)13(2)28-20(25)16-11-15(24(26)27)9-10-17(16)23(3)4/h5-11,13H,1-4H3/t13-/m0/s1. The topological polar surface area (TPSA) is 112 Å². The number of nitrogens with zero attached hydrogens (tertiary/aromatic N) is 4. The van der Waals surface area contributed by atoms with Gasteiger partial charge in [0.15, 0.2) is 6.10 Å². The first-order chi connectivity index (χ1) is 13.8. The SMILES string of the molecule is Cc1ccc(-c2nnc([C@H](C)OC(=O)c3cc([N+](=O)[O-])ccc3N(C)C)o2)cc1. The quantitative estimate of drug-likeness (QED) is 0.350. The lowest BCUT2D eigenvalue weighted by molar-refractivity contribution is -0.384. The molecule has 0 unspecified atom stereocenters. The molecule has 29 heavy (non-hydrogen) atoms. The number of hydrogen-bond acceptors (Lipinski definition) is 8. The molecule has 0 N–H and O–H groups in total. The number of rotatable bonds is 6. The Bertz CT molecular complexity index is 1040. The number of carbonyl (C=O) groups is 1. The zero-order valence-corrected chi connectivity index (χ0v) is 16.4. The first-order valence-electron chi connectivity index (χ1n) is 8.83. The van der Waals surface area contributed by atoms with E-state index in [0.29, 0.717) is 11.6 Å². The maximum absolute atomic E-state index is 12.7. The van der Waals surface area contributed by atoms with E-state index >= 15 is 0 Å². The summed E-state index contributed by atoms with van der Waals surface area (Å²) in [7, 11) is 3.46. The Morgan fingerprint density at radius 3 is 2.48 bits per heavy atom. The van der Waals surface area contributed by atoms with Crippen LogP contribution in [-0.4, -0.2) is 35.2 Å². The Hall–Kier alpha value is -3.75. The predicted octanol–water partition coefficient (Wildman–Crippen LogP) is 3.94. The summed E-state index contributed by atoms with van der Waals surface area (Å²) in [5, 5.41) is 19.0. The van der Waals surface area contributed by atoms with Crippen LogP contribution in [0.5, 0.6) is 0 Å². The van der Waals surface area contributed by atoms with Crippen LogP contribution in [0, 0.1) is 17.0 Å². The molecule has 0 aliphatic carbocycles. The highest BCUT2D eigenvalue weighted by Gasteiger charge is 2.24. The van der Waals surface area contributed by atoms with E-state index < -0.39 is 17.0 Å². The van der Waals surface area contributed by atoms with Crippen LogP contribution in [0.4, 0.5) is 11.4 Å². The van der Waals surface area contributed by atoms with E-state index in [4.69, 9.17) is 9.15 Å². The number of aromatic nitrogens is 2. The van der Waals surface area contributed by atoms with Crippen molar-refractivity contribution in [3.63, 3.8) is 0 Å². The summed E-state index contributed by atoms with van der Waals surface area (Å²) in [5.74, 6) is -0.280. The van der Waals surface area contributed by atoms with Gasteiger partial charge < -0.3 is 14.1 Å². The van der Waals surface area contributed by atoms with Crippen LogP contribution in [-0.2, 0) is 4.74 Å². The van der Waals surface area contributed by atoms with Gasteiger partial charge in [-0.1, -0.05) is 17.7 Å². The number of aryl methyl sites for hydroxylation is 1. The molecule has 0 saturated carbocycles. The fourth-order valence-electron chi connectivity index (χ4n) is 2.68. The second kappa shape index (κ2) is 8.09. The lowest BCUT2D eigenvalue weighted by atomic mass is 10.1. The van der Waals surface area contributed by atoms with Crippen LogP contribution in [0.2, 0.25) is 0 Å². The zero-order chi connectivity index (χ0) is 21.1. The smallest absolute Gasteiger partial charge is 0.341 e. The van der Waals surface area contributed by atoms with Gasteiger partial charge >= 0.3 is 5.97 Å². The van der Waals surface area contributed by atoms with Crippen molar-refractivity contribution in [2.45, 2.75) is 20.0 Å². The summed E-state index contributed by atoms with van der Waals surface area (Å²) >= 11 is 0. The van der Waals surface area contributed by atoms with Gasteiger partial charge in [0.25, 0.3) is 11.6 Å². The van der Waals surface area contributed by atoms with Crippen molar-refractivity contribution in [2.75, 3.05) is 19.0 Å². The van der Waals surface area contributed by atoms with Gasteiger partial charge in [-0.25, -0.2) is 4.79 Å². The molecule has 1 heterocycles. The Balaban J connectivity index is 1.81. The lowest BCUT2D eigenvalue weighted by Gasteiger charge is -2.17. The monoisotopic (exact) mass is 396 g/mol. The van der Waals surface area contributed by atoms with Crippen LogP contribution in [0.25, 0.3) is 11.5 Å². The molecule has 9 nitrogen and oxygen atoms in total. The molecule has 0 bridgehead atoms. The summed E-state index contributed by atoms with van der Waals surface area (Å²) in [5.41, 5.74) is 2.23. The van der Waals surface area contributed by atoms with Gasteiger partial charge in [-0.05, 0) is 32.0 Å². The van der Waals surface area contributed by atoms with E-state index in [-0.39, 0.29) is 17.1 Å². The minimum absolute atomic E-state index is 0.0781. The van der Waals surface area contributed by atoms with Gasteiger partial charge in [0.05, 0.1) is 16.2 Å². The second-order valence-electron chi connectivity index (χ2n) is 6.71. The van der Waals surface area contributed by atoms with Crippen molar-refractivity contribution in [1.29, 1.82) is 0 Å². The van der Waals surface area contributed by atoms with E-state index in [0.717, 1.165) is 11.1 Å². The van der Waals surface area contributed by atoms with Crippen molar-refractivity contribution >= 4 is 17.3 Å². The highest BCUT2D eigenvalue weighted by Crippen LogP contribution is 2.28. The molecule has 0 amide bonds. The average Bonchev–Trinajstić information content (AvgIpc) is 3.18. The fourth-order valence-corrected chi connectivity index (χ4v) is 2.68. The molecule has 2 aromatic carbocycles. The molecular formula is C20H20N4O5. The number of nitro groups is 1. The first-order valence-corrected chi connectivity index (χ1v) is 8.83. The molecule has 3 rings (SSSR count). The number of hydrogen-bond donors (Lipinski definition) is 0. The van der Waals surface area contributed by atoms with E-state index in [1.54, 1.807) is 25.9 Å². The van der Waals surface area contributed by atoms with E-state index in [2.05, 4.69) is 10.2 Å². The molecule has 0 radical (unpaired) electrons. The Labute approximate surface area is 167 Å². The molecule has 3 aromatic rings. The number of ether oxygens (including phenoxy) is 1. The van der Waals surface area contributed by atoms with Crippen molar-refractivity contribution in [2.24, 2.45) is 0 Å². The highest BCUT2D eigenvalue weighted by atomic mass is 16.6. The third-order valence-electron chi connectivity index (χ3n) is 4.26. The number of benzene rings is 2. The number of anilines is 1. The molecule has 9 heteroatoms. The van der Waals surface area contributed by atoms with Gasteiger partial charge in [0.2, 0.25) is 5.89 Å².